The van der Waals surface area contributed by atoms with E-state index in [1.54, 1.807) is 6.08 Å². The third-order valence-corrected chi connectivity index (χ3v) is 5.45. The number of amidine groups is 1. The molecular weight excluding hydrogens is 332 g/mol. The number of allylic oxidation sites excluding steroid dienone is 1. The quantitative estimate of drug-likeness (QED) is 0.709. The zero-order valence-electron chi connectivity index (χ0n) is 13.3. The van der Waals surface area contributed by atoms with Crippen LogP contribution in [0.25, 0.3) is 0 Å². The molecule has 3 N–H and O–H groups in total. The van der Waals surface area contributed by atoms with E-state index in [0.717, 1.165) is 11.8 Å². The van der Waals surface area contributed by atoms with E-state index in [1.165, 1.54) is 4.90 Å². The third-order valence-electron chi connectivity index (χ3n) is 4.40. The van der Waals surface area contributed by atoms with Crippen LogP contribution in [0.5, 0.6) is 0 Å². The third kappa shape index (κ3) is 2.87. The molecule has 24 heavy (non-hydrogen) atoms. The van der Waals surface area contributed by atoms with Gasteiger partial charge in [-0.15, -0.1) is 6.58 Å². The fraction of sp³-hybridized carbons (Fsp3) is 0.600. The van der Waals surface area contributed by atoms with E-state index in [2.05, 4.69) is 16.6 Å². The highest BCUT2D eigenvalue weighted by molar-refractivity contribution is 8.16. The van der Waals surface area contributed by atoms with E-state index in [9.17, 15) is 14.7 Å². The summed E-state index contributed by atoms with van der Waals surface area (Å²) < 4.78 is 5.97. The van der Waals surface area contributed by atoms with Gasteiger partial charge in [0.1, 0.15) is 12.1 Å². The lowest BCUT2D eigenvalue weighted by molar-refractivity contribution is -0.116. The zero-order valence-corrected chi connectivity index (χ0v) is 14.1. The van der Waals surface area contributed by atoms with Crippen molar-refractivity contribution in [2.45, 2.75) is 49.9 Å². The van der Waals surface area contributed by atoms with Crippen LogP contribution in [0.3, 0.4) is 0 Å². The predicted octanol–water partition coefficient (Wildman–Crippen LogP) is 0.855. The molecule has 130 valence electrons. The molecule has 2 amide bonds. The molecule has 0 spiro atoms. The van der Waals surface area contributed by atoms with Gasteiger partial charge in [-0.1, -0.05) is 13.0 Å². The number of thioether (sulfide) groups is 1. The largest absolute Gasteiger partial charge is 0.390 e. The summed E-state index contributed by atoms with van der Waals surface area (Å²) in [5.41, 5.74) is 5.58. The maximum atomic E-state index is 12.5. The highest BCUT2D eigenvalue weighted by Crippen LogP contribution is 2.40. The number of amides is 2. The number of carbonyl (C=O) groups is 2. The number of nitrogens with zero attached hydrogens (tertiary/aromatic N) is 3. The molecule has 3 rings (SSSR count). The topological polar surface area (TPSA) is 118 Å². The van der Waals surface area contributed by atoms with Gasteiger partial charge < -0.3 is 15.6 Å². The second kappa shape index (κ2) is 6.66. The molecule has 9 heteroatoms. The molecule has 0 aliphatic carbocycles. The molecule has 3 aliphatic rings. The smallest absolute Gasteiger partial charge is 0.290 e. The Balaban J connectivity index is 1.90. The van der Waals surface area contributed by atoms with Crippen molar-refractivity contribution in [3.63, 3.8) is 0 Å². The molecule has 2 unspecified atom stereocenters. The first-order chi connectivity index (χ1) is 11.5. The van der Waals surface area contributed by atoms with Crippen molar-refractivity contribution in [2.75, 3.05) is 0 Å². The Morgan fingerprint density at radius 3 is 2.96 bits per heavy atom. The van der Waals surface area contributed by atoms with Gasteiger partial charge in [-0.25, -0.2) is 0 Å². The maximum absolute atomic E-state index is 12.5. The molecular formula is C15H20N4O4S. The number of aliphatic imine (C=N–C) groups is 2. The number of fused-ring (bicyclic) bond motifs is 1. The number of aliphatic hydroxyl groups excluding tert-OH is 1. The Morgan fingerprint density at radius 1 is 1.54 bits per heavy atom. The minimum absolute atomic E-state index is 0.0325. The van der Waals surface area contributed by atoms with Crippen molar-refractivity contribution in [3.05, 3.63) is 12.7 Å². The van der Waals surface area contributed by atoms with Crippen LogP contribution >= 0.6 is 11.8 Å². The molecule has 0 aromatic heterocycles. The number of rotatable bonds is 5. The van der Waals surface area contributed by atoms with Gasteiger partial charge in [-0.3, -0.25) is 14.5 Å². The van der Waals surface area contributed by atoms with Gasteiger partial charge in [0.25, 0.3) is 11.1 Å². The second-order valence-corrected chi connectivity index (χ2v) is 7.03. The summed E-state index contributed by atoms with van der Waals surface area (Å²) in [5.74, 6) is -0.403. The maximum Gasteiger partial charge on any atom is 0.290 e. The minimum Gasteiger partial charge on any atom is -0.390 e. The number of carbonyl (C=O) groups excluding carboxylic acids is 2. The van der Waals surface area contributed by atoms with Crippen LogP contribution in [-0.2, 0) is 9.53 Å². The first kappa shape index (κ1) is 17.1. The van der Waals surface area contributed by atoms with Crippen LogP contribution in [-0.4, -0.2) is 56.6 Å². The Bertz CT molecular complexity index is 635. The number of hydrogen-bond acceptors (Lipinski definition) is 7. The Labute approximate surface area is 143 Å². The molecule has 2 saturated heterocycles. The van der Waals surface area contributed by atoms with Crippen LogP contribution in [0.2, 0.25) is 0 Å². The Kier molecular flexibility index (Phi) is 4.75. The standard InChI is InChI=1S/C15H20N4O4S/c1-3-5-7-6-9(8(20)4-2)23-13(7)19-11-10(24-15(19)22)12(21)18-14(16)17-11/h3,7-10,13,20H,1,4-6H2,2H3,(H2,16,18,21)/t7-,8?,9+,10?,13-/m1/s1. The second-order valence-electron chi connectivity index (χ2n) is 5.97. The van der Waals surface area contributed by atoms with Crippen LogP contribution < -0.4 is 5.73 Å². The molecule has 8 nitrogen and oxygen atoms in total. The number of hydrogen-bond donors (Lipinski definition) is 2. The van der Waals surface area contributed by atoms with Crippen LogP contribution in [0.15, 0.2) is 22.6 Å². The summed E-state index contributed by atoms with van der Waals surface area (Å²) in [5, 5.41) is 9.02. The molecule has 3 heterocycles. The SMILES string of the molecule is C=CC[C@@H]1C[C@@H](C(O)CC)O[C@H]1N1C(=O)SC2C(=O)N=C(N)N=C21. The van der Waals surface area contributed by atoms with Crippen molar-refractivity contribution < 1.29 is 19.4 Å². The first-order valence-electron chi connectivity index (χ1n) is 7.87. The van der Waals surface area contributed by atoms with Gasteiger partial charge in [-0.2, -0.15) is 9.98 Å². The van der Waals surface area contributed by atoms with Gasteiger partial charge in [0.2, 0.25) is 5.96 Å². The molecule has 5 atom stereocenters. The lowest BCUT2D eigenvalue weighted by Gasteiger charge is -2.29. The van der Waals surface area contributed by atoms with Crippen molar-refractivity contribution in [3.8, 4) is 0 Å². The lowest BCUT2D eigenvalue weighted by atomic mass is 9.96. The molecule has 0 aromatic carbocycles. The fourth-order valence-corrected chi connectivity index (χ4v) is 4.16. The van der Waals surface area contributed by atoms with E-state index in [0.29, 0.717) is 19.3 Å². The summed E-state index contributed by atoms with van der Waals surface area (Å²) in [6, 6.07) is 0. The fourth-order valence-electron chi connectivity index (χ4n) is 3.22. The average Bonchev–Trinajstić information content (AvgIpc) is 3.08. The number of ether oxygens (including phenoxy) is 1. The highest BCUT2D eigenvalue weighted by Gasteiger charge is 2.52. The summed E-state index contributed by atoms with van der Waals surface area (Å²) in [6.07, 6.45) is 1.98. The molecule has 3 aliphatic heterocycles. The van der Waals surface area contributed by atoms with Crippen LogP contribution in [0.1, 0.15) is 26.2 Å². The predicted molar refractivity (Wildman–Crippen MR) is 90.6 cm³/mol. The van der Waals surface area contributed by atoms with E-state index >= 15 is 0 Å². The van der Waals surface area contributed by atoms with Gasteiger partial charge >= 0.3 is 0 Å². The van der Waals surface area contributed by atoms with Gasteiger partial charge in [0, 0.05) is 5.92 Å². The van der Waals surface area contributed by atoms with Crippen molar-refractivity contribution in [2.24, 2.45) is 21.6 Å². The summed E-state index contributed by atoms with van der Waals surface area (Å²) in [7, 11) is 0. The van der Waals surface area contributed by atoms with E-state index in [-0.39, 0.29) is 29.1 Å². The normalized spacial score (nSPS) is 34.0. The van der Waals surface area contributed by atoms with E-state index in [1.807, 2.05) is 6.92 Å². The first-order valence-corrected chi connectivity index (χ1v) is 8.75. The summed E-state index contributed by atoms with van der Waals surface area (Å²) >= 11 is 0.866. The highest BCUT2D eigenvalue weighted by atomic mass is 32.2. The van der Waals surface area contributed by atoms with Crippen molar-refractivity contribution >= 4 is 34.7 Å². The Hall–Kier alpha value is -1.71. The van der Waals surface area contributed by atoms with Gasteiger partial charge in [-0.05, 0) is 31.0 Å². The van der Waals surface area contributed by atoms with Crippen LogP contribution in [0.4, 0.5) is 4.79 Å². The number of aliphatic hydroxyl groups is 1. The molecule has 2 fully saturated rings. The number of guanidine groups is 1. The van der Waals surface area contributed by atoms with Gasteiger partial charge in [0.05, 0.1) is 12.2 Å². The van der Waals surface area contributed by atoms with Crippen molar-refractivity contribution in [1.82, 2.24) is 4.90 Å². The molecule has 0 aromatic rings. The lowest BCUT2D eigenvalue weighted by Crippen LogP contribution is -2.47. The summed E-state index contributed by atoms with van der Waals surface area (Å²) in [6.45, 7) is 5.62. The average molecular weight is 352 g/mol. The number of nitrogens with two attached hydrogens (primary N) is 1. The van der Waals surface area contributed by atoms with Crippen LogP contribution in [0, 0.1) is 5.92 Å². The molecule has 0 radical (unpaired) electrons. The molecule has 0 bridgehead atoms. The molecule has 0 saturated carbocycles. The van der Waals surface area contributed by atoms with E-state index in [4.69, 9.17) is 10.5 Å². The zero-order chi connectivity index (χ0) is 17.4. The van der Waals surface area contributed by atoms with E-state index < -0.39 is 23.5 Å². The minimum atomic E-state index is -0.770. The van der Waals surface area contributed by atoms with Crippen molar-refractivity contribution in [1.29, 1.82) is 0 Å². The Morgan fingerprint density at radius 2 is 2.29 bits per heavy atom. The summed E-state index contributed by atoms with van der Waals surface area (Å²) in [4.78, 5) is 33.5. The monoisotopic (exact) mass is 352 g/mol. The van der Waals surface area contributed by atoms with Gasteiger partial charge in [0.15, 0.2) is 5.25 Å².